The highest BCUT2D eigenvalue weighted by Gasteiger charge is 2.27. The van der Waals surface area contributed by atoms with Gasteiger partial charge in [-0.05, 0) is 25.7 Å². The number of hydrogen-bond donors (Lipinski definition) is 2. The van der Waals surface area contributed by atoms with Crippen LogP contribution in [0.25, 0.3) is 5.53 Å². The lowest BCUT2D eigenvalue weighted by molar-refractivity contribution is -0.120. The van der Waals surface area contributed by atoms with E-state index in [-0.39, 0.29) is 17.7 Å². The summed E-state index contributed by atoms with van der Waals surface area (Å²) in [6.45, 7) is 0. The van der Waals surface area contributed by atoms with Crippen molar-refractivity contribution in [1.82, 2.24) is 5.32 Å². The number of nitrogens with zero attached hydrogens (tertiary/aromatic N) is 2. The fraction of sp³-hybridized carbons (Fsp3) is 0.667. The Morgan fingerprint density at radius 2 is 1.93 bits per heavy atom. The molecule has 0 aromatic carbocycles. The number of nitrogens with one attached hydrogen (secondary N) is 1. The third-order valence-corrected chi connectivity index (χ3v) is 2.64. The van der Waals surface area contributed by atoms with Gasteiger partial charge >= 0.3 is 12.3 Å². The summed E-state index contributed by atoms with van der Waals surface area (Å²) in [6.07, 6.45) is 2.47. The Hall–Kier alpha value is -1.68. The van der Waals surface area contributed by atoms with E-state index in [1.54, 1.807) is 0 Å². The van der Waals surface area contributed by atoms with Gasteiger partial charge in [0, 0.05) is 12.0 Å². The molecule has 0 aromatic rings. The molecule has 15 heavy (non-hydrogen) atoms. The number of ketones is 1. The van der Waals surface area contributed by atoms with E-state index in [9.17, 15) is 9.59 Å². The van der Waals surface area contributed by atoms with Crippen LogP contribution in [0, 0.1) is 5.92 Å². The lowest BCUT2D eigenvalue weighted by Gasteiger charge is -2.25. The van der Waals surface area contributed by atoms with Gasteiger partial charge in [0.1, 0.15) is 0 Å². The predicted octanol–water partition coefficient (Wildman–Crippen LogP) is 0.682. The van der Waals surface area contributed by atoms with Crippen molar-refractivity contribution in [3.63, 3.8) is 0 Å². The minimum atomic E-state index is -1.03. The molecular formula is C9H13N3O3. The molecule has 0 heterocycles. The van der Waals surface area contributed by atoms with Crippen LogP contribution in [0.5, 0.6) is 0 Å². The maximum Gasteiger partial charge on any atom is 0.404 e. The first-order valence-electron chi connectivity index (χ1n) is 4.84. The first-order valence-corrected chi connectivity index (χ1v) is 4.84. The van der Waals surface area contributed by atoms with Gasteiger partial charge in [-0.1, -0.05) is 0 Å². The minimum Gasteiger partial charge on any atom is -0.465 e. The van der Waals surface area contributed by atoms with Crippen molar-refractivity contribution < 1.29 is 19.5 Å². The SMILES string of the molecule is [N-]=[N+]=CC(=O)C1CCC(NC(=O)O)CC1. The first kappa shape index (κ1) is 11.4. The van der Waals surface area contributed by atoms with E-state index in [4.69, 9.17) is 10.6 Å². The van der Waals surface area contributed by atoms with Crippen LogP contribution in [0.1, 0.15) is 25.7 Å². The predicted molar refractivity (Wildman–Crippen MR) is 51.6 cm³/mol. The molecule has 1 saturated carbocycles. The second kappa shape index (κ2) is 5.26. The van der Waals surface area contributed by atoms with Crippen LogP contribution in [0.3, 0.4) is 0 Å². The van der Waals surface area contributed by atoms with E-state index in [0.717, 1.165) is 6.21 Å². The van der Waals surface area contributed by atoms with Gasteiger partial charge in [0.15, 0.2) is 0 Å². The topological polar surface area (TPSA) is 103 Å². The quantitative estimate of drug-likeness (QED) is 0.407. The summed E-state index contributed by atoms with van der Waals surface area (Å²) in [5, 5.41) is 10.9. The van der Waals surface area contributed by atoms with Crippen molar-refractivity contribution >= 4 is 18.1 Å². The lowest BCUT2D eigenvalue weighted by atomic mass is 9.84. The van der Waals surface area contributed by atoms with Crippen LogP contribution in [0.4, 0.5) is 4.79 Å². The molecule has 6 nitrogen and oxygen atoms in total. The van der Waals surface area contributed by atoms with Gasteiger partial charge in [-0.3, -0.25) is 4.79 Å². The third kappa shape index (κ3) is 3.52. The summed E-state index contributed by atoms with van der Waals surface area (Å²) in [4.78, 5) is 24.3. The summed E-state index contributed by atoms with van der Waals surface area (Å²) < 4.78 is 0. The number of hydrogen-bond acceptors (Lipinski definition) is 2. The molecule has 0 saturated heterocycles. The van der Waals surface area contributed by atoms with Crippen LogP contribution in [0.2, 0.25) is 0 Å². The van der Waals surface area contributed by atoms with Gasteiger partial charge in [-0.15, -0.1) is 0 Å². The molecule has 6 heteroatoms. The van der Waals surface area contributed by atoms with Crippen molar-refractivity contribution in [2.24, 2.45) is 5.92 Å². The second-order valence-corrected chi connectivity index (χ2v) is 3.64. The van der Waals surface area contributed by atoms with E-state index in [1.807, 2.05) is 0 Å². The summed E-state index contributed by atoms with van der Waals surface area (Å²) in [6, 6.07) is -0.0578. The zero-order valence-corrected chi connectivity index (χ0v) is 8.22. The average Bonchev–Trinajstić information content (AvgIpc) is 2.18. The second-order valence-electron chi connectivity index (χ2n) is 3.64. The highest BCUT2D eigenvalue weighted by molar-refractivity contribution is 6.26. The fourth-order valence-electron chi connectivity index (χ4n) is 1.86. The molecule has 1 aliphatic carbocycles. The van der Waals surface area contributed by atoms with Crippen molar-refractivity contribution in [3.05, 3.63) is 5.53 Å². The molecule has 0 atom stereocenters. The van der Waals surface area contributed by atoms with Crippen molar-refractivity contribution in [3.8, 4) is 0 Å². The molecule has 0 aliphatic heterocycles. The summed E-state index contributed by atoms with van der Waals surface area (Å²) in [5.41, 5.74) is 8.20. The first-order chi connectivity index (χ1) is 7.13. The van der Waals surface area contributed by atoms with Crippen molar-refractivity contribution in [2.45, 2.75) is 31.7 Å². The Kier molecular flexibility index (Phi) is 4.00. The van der Waals surface area contributed by atoms with Gasteiger partial charge < -0.3 is 16.0 Å². The molecule has 0 bridgehead atoms. The molecule has 0 radical (unpaired) electrons. The van der Waals surface area contributed by atoms with Gasteiger partial charge in [0.25, 0.3) is 0 Å². The number of amides is 1. The van der Waals surface area contributed by atoms with E-state index < -0.39 is 6.09 Å². The van der Waals surface area contributed by atoms with Gasteiger partial charge in [0.2, 0.25) is 5.78 Å². The zero-order chi connectivity index (χ0) is 11.3. The normalized spacial score (nSPS) is 25.1. The van der Waals surface area contributed by atoms with E-state index >= 15 is 0 Å². The maximum absolute atomic E-state index is 11.3. The largest absolute Gasteiger partial charge is 0.465 e. The minimum absolute atomic E-state index is 0.0578. The number of rotatable bonds is 3. The molecule has 1 rings (SSSR count). The van der Waals surface area contributed by atoms with Gasteiger partial charge in [0.05, 0.1) is 0 Å². The van der Waals surface area contributed by atoms with Gasteiger partial charge in [-0.2, -0.15) is 4.79 Å². The molecule has 0 aromatic heterocycles. The third-order valence-electron chi connectivity index (χ3n) is 2.64. The molecule has 0 unspecified atom stereocenters. The maximum atomic E-state index is 11.3. The van der Waals surface area contributed by atoms with E-state index in [2.05, 4.69) is 10.1 Å². The number of carbonyl (C=O) groups is 2. The number of carbonyl (C=O) groups excluding carboxylic acids is 1. The summed E-state index contributed by atoms with van der Waals surface area (Å²) >= 11 is 0. The van der Waals surface area contributed by atoms with Crippen molar-refractivity contribution in [1.29, 1.82) is 0 Å². The Morgan fingerprint density at radius 3 is 2.40 bits per heavy atom. The van der Waals surface area contributed by atoms with Crippen LogP contribution in [-0.4, -0.2) is 34.0 Å². The monoisotopic (exact) mass is 211 g/mol. The zero-order valence-electron chi connectivity index (χ0n) is 8.22. The number of carboxylic acid groups (broad SMARTS) is 1. The molecule has 2 N–H and O–H groups in total. The van der Waals surface area contributed by atoms with E-state index in [1.165, 1.54) is 0 Å². The van der Waals surface area contributed by atoms with Crippen LogP contribution >= 0.6 is 0 Å². The molecule has 1 fully saturated rings. The van der Waals surface area contributed by atoms with Crippen molar-refractivity contribution in [2.75, 3.05) is 0 Å². The lowest BCUT2D eigenvalue weighted by Crippen LogP contribution is -2.38. The van der Waals surface area contributed by atoms with Crippen LogP contribution < -0.4 is 5.32 Å². The summed E-state index contributed by atoms with van der Waals surface area (Å²) in [5.74, 6) is -0.320. The van der Waals surface area contributed by atoms with Crippen LogP contribution in [-0.2, 0) is 4.79 Å². The fourth-order valence-corrected chi connectivity index (χ4v) is 1.86. The highest BCUT2D eigenvalue weighted by Crippen LogP contribution is 2.24. The smallest absolute Gasteiger partial charge is 0.404 e. The van der Waals surface area contributed by atoms with Crippen LogP contribution in [0.15, 0.2) is 0 Å². The Bertz CT molecular complexity index is 302. The van der Waals surface area contributed by atoms with Gasteiger partial charge in [-0.25, -0.2) is 4.79 Å². The molecule has 0 spiro atoms. The average molecular weight is 211 g/mol. The number of Topliss-reactive ketones (excluding diaryl/α,β-unsaturated/α-hetero) is 1. The highest BCUT2D eigenvalue weighted by atomic mass is 16.4. The molecule has 82 valence electrons. The Balaban J connectivity index is 2.38. The van der Waals surface area contributed by atoms with E-state index in [0.29, 0.717) is 25.7 Å². The summed E-state index contributed by atoms with van der Waals surface area (Å²) in [7, 11) is 0. The molecular weight excluding hydrogens is 198 g/mol. The standard InChI is InChI=1S/C9H13N3O3/c10-11-5-8(13)6-1-3-7(4-2-6)12-9(14)15/h5-7,12H,1-4H2,(H,14,15). The molecule has 1 aliphatic rings. The Morgan fingerprint density at radius 1 is 1.33 bits per heavy atom. The Labute approximate surface area is 86.9 Å². The molecule has 1 amide bonds.